The highest BCUT2D eigenvalue weighted by Crippen LogP contribution is 2.30. The van der Waals surface area contributed by atoms with Crippen LogP contribution in [-0.2, 0) is 6.42 Å². The van der Waals surface area contributed by atoms with Crippen LogP contribution < -0.4 is 9.47 Å². The van der Waals surface area contributed by atoms with Gasteiger partial charge >= 0.3 is 0 Å². The van der Waals surface area contributed by atoms with Crippen LogP contribution in [0, 0.1) is 0 Å². The van der Waals surface area contributed by atoms with Gasteiger partial charge in [0.15, 0.2) is 5.78 Å². The first-order chi connectivity index (χ1) is 10.7. The van der Waals surface area contributed by atoms with Crippen LogP contribution >= 0.6 is 0 Å². The van der Waals surface area contributed by atoms with E-state index in [1.807, 2.05) is 36.4 Å². The van der Waals surface area contributed by atoms with Gasteiger partial charge in [0.2, 0.25) is 5.88 Å². The molecule has 2 aromatic rings. The Hall–Kier alpha value is -2.62. The lowest BCUT2D eigenvalue weighted by molar-refractivity contribution is 0.102. The summed E-state index contributed by atoms with van der Waals surface area (Å²) in [5.41, 5.74) is 3.38. The predicted octanol–water partition coefficient (Wildman–Crippen LogP) is 3.31. The van der Waals surface area contributed by atoms with E-state index in [2.05, 4.69) is 4.98 Å². The number of rotatable bonds is 3. The summed E-state index contributed by atoms with van der Waals surface area (Å²) in [6, 6.07) is 9.40. The fourth-order valence-electron chi connectivity index (χ4n) is 2.68. The Morgan fingerprint density at radius 3 is 2.77 bits per heavy atom. The quantitative estimate of drug-likeness (QED) is 0.815. The van der Waals surface area contributed by atoms with Crippen molar-refractivity contribution in [3.05, 3.63) is 58.8 Å². The van der Waals surface area contributed by atoms with Gasteiger partial charge in [0.1, 0.15) is 5.75 Å². The number of pyridine rings is 1. The summed E-state index contributed by atoms with van der Waals surface area (Å²) < 4.78 is 10.5. The number of fused-ring (bicyclic) bond motifs is 1. The molecular weight excluding hydrogens is 278 g/mol. The molecule has 0 amide bonds. The average Bonchev–Trinajstić information content (AvgIpc) is 2.57. The van der Waals surface area contributed by atoms with E-state index in [0.717, 1.165) is 35.1 Å². The van der Waals surface area contributed by atoms with Crippen molar-refractivity contribution in [2.24, 2.45) is 0 Å². The number of ketones is 1. The molecule has 0 radical (unpaired) electrons. The second kappa shape index (κ2) is 6.02. The molecular formula is C18H17NO3. The molecule has 0 saturated heterocycles. The molecule has 0 bridgehead atoms. The van der Waals surface area contributed by atoms with E-state index in [1.54, 1.807) is 20.4 Å². The smallest absolute Gasteiger partial charge is 0.220 e. The Labute approximate surface area is 129 Å². The van der Waals surface area contributed by atoms with Crippen molar-refractivity contribution >= 4 is 11.9 Å². The Morgan fingerprint density at radius 2 is 2.00 bits per heavy atom. The van der Waals surface area contributed by atoms with Crippen LogP contribution in [0.5, 0.6) is 11.6 Å². The number of ether oxygens (including phenoxy) is 2. The second-order valence-corrected chi connectivity index (χ2v) is 5.12. The Morgan fingerprint density at radius 1 is 1.14 bits per heavy atom. The lowest BCUT2D eigenvalue weighted by Crippen LogP contribution is -2.14. The first kappa shape index (κ1) is 14.3. The van der Waals surface area contributed by atoms with Gasteiger partial charge in [-0.15, -0.1) is 0 Å². The third-order valence-corrected chi connectivity index (χ3v) is 3.84. The number of hydrogen-bond acceptors (Lipinski definition) is 4. The van der Waals surface area contributed by atoms with Crippen molar-refractivity contribution < 1.29 is 14.3 Å². The van der Waals surface area contributed by atoms with Crippen molar-refractivity contribution in [1.29, 1.82) is 0 Å². The maximum atomic E-state index is 12.7. The molecule has 0 saturated carbocycles. The molecule has 0 fully saturated rings. The molecule has 22 heavy (non-hydrogen) atoms. The summed E-state index contributed by atoms with van der Waals surface area (Å²) in [6.45, 7) is 0. The number of allylic oxidation sites excluding steroid dienone is 1. The highest BCUT2D eigenvalue weighted by atomic mass is 16.5. The molecule has 1 aliphatic rings. The molecule has 112 valence electrons. The average molecular weight is 295 g/mol. The van der Waals surface area contributed by atoms with Crippen molar-refractivity contribution in [2.75, 3.05) is 14.2 Å². The number of aromatic nitrogens is 1. The number of nitrogens with zero attached hydrogens (tertiary/aromatic N) is 1. The topological polar surface area (TPSA) is 48.4 Å². The summed E-state index contributed by atoms with van der Waals surface area (Å²) in [5.74, 6) is 1.28. The fraction of sp³-hybridized carbons (Fsp3) is 0.222. The molecule has 4 nitrogen and oxygen atoms in total. The van der Waals surface area contributed by atoms with E-state index in [1.165, 1.54) is 0 Å². The number of methoxy groups -OCH3 is 2. The summed E-state index contributed by atoms with van der Waals surface area (Å²) in [4.78, 5) is 16.9. The molecule has 0 spiro atoms. The van der Waals surface area contributed by atoms with E-state index in [0.29, 0.717) is 11.6 Å². The predicted molar refractivity (Wildman–Crippen MR) is 84.4 cm³/mol. The largest absolute Gasteiger partial charge is 0.497 e. The van der Waals surface area contributed by atoms with Gasteiger partial charge in [0.25, 0.3) is 0 Å². The van der Waals surface area contributed by atoms with Crippen LogP contribution in [0.15, 0.2) is 42.1 Å². The number of benzene rings is 1. The van der Waals surface area contributed by atoms with Crippen LogP contribution in [0.25, 0.3) is 6.08 Å². The van der Waals surface area contributed by atoms with Crippen LogP contribution in [0.2, 0.25) is 0 Å². The number of hydrogen-bond donors (Lipinski definition) is 0. The van der Waals surface area contributed by atoms with Crippen molar-refractivity contribution in [3.63, 3.8) is 0 Å². The Kier molecular flexibility index (Phi) is 3.92. The van der Waals surface area contributed by atoms with Crippen LogP contribution in [0.3, 0.4) is 0 Å². The SMILES string of the molecule is COc1ccc2c(c1)C(=O)C(=Cc1cccnc1OC)CC2. The van der Waals surface area contributed by atoms with E-state index in [4.69, 9.17) is 9.47 Å². The van der Waals surface area contributed by atoms with Gasteiger partial charge < -0.3 is 9.47 Å². The van der Waals surface area contributed by atoms with Crippen LogP contribution in [-0.4, -0.2) is 25.0 Å². The lowest BCUT2D eigenvalue weighted by atomic mass is 9.86. The third kappa shape index (κ3) is 2.60. The molecule has 1 aliphatic carbocycles. The van der Waals surface area contributed by atoms with Gasteiger partial charge in [-0.25, -0.2) is 4.98 Å². The molecule has 0 atom stereocenters. The zero-order valence-electron chi connectivity index (χ0n) is 12.6. The minimum Gasteiger partial charge on any atom is -0.497 e. The second-order valence-electron chi connectivity index (χ2n) is 5.12. The standard InChI is InChI=1S/C18H17NO3/c1-21-15-8-7-12-5-6-13(17(20)16(12)11-15)10-14-4-3-9-19-18(14)22-2/h3-4,7-11H,5-6H2,1-2H3. The molecule has 0 N–H and O–H groups in total. The van der Waals surface area contributed by atoms with Crippen molar-refractivity contribution in [3.8, 4) is 11.6 Å². The first-order valence-corrected chi connectivity index (χ1v) is 7.14. The Balaban J connectivity index is 2.00. The summed E-state index contributed by atoms with van der Waals surface area (Å²) in [5, 5.41) is 0. The Bertz CT molecular complexity index is 750. The summed E-state index contributed by atoms with van der Waals surface area (Å²) in [6.07, 6.45) is 5.11. The molecule has 4 heteroatoms. The van der Waals surface area contributed by atoms with Gasteiger partial charge in [-0.05, 0) is 48.7 Å². The number of aryl methyl sites for hydroxylation is 1. The third-order valence-electron chi connectivity index (χ3n) is 3.84. The zero-order chi connectivity index (χ0) is 15.5. The molecule has 0 aliphatic heterocycles. The minimum atomic E-state index is 0.0473. The number of carbonyl (C=O) groups is 1. The lowest BCUT2D eigenvalue weighted by Gasteiger charge is -2.18. The van der Waals surface area contributed by atoms with Gasteiger partial charge in [0.05, 0.1) is 14.2 Å². The van der Waals surface area contributed by atoms with Crippen LogP contribution in [0.4, 0.5) is 0 Å². The summed E-state index contributed by atoms with van der Waals surface area (Å²) in [7, 11) is 3.18. The molecule has 1 aromatic heterocycles. The molecule has 1 aromatic carbocycles. The van der Waals surface area contributed by atoms with Crippen LogP contribution in [0.1, 0.15) is 27.9 Å². The van der Waals surface area contributed by atoms with E-state index in [-0.39, 0.29) is 5.78 Å². The van der Waals surface area contributed by atoms with Crippen molar-refractivity contribution in [2.45, 2.75) is 12.8 Å². The fourth-order valence-corrected chi connectivity index (χ4v) is 2.68. The van der Waals surface area contributed by atoms with E-state index in [9.17, 15) is 4.79 Å². The number of Topliss-reactive ketones (excluding diaryl/α,β-unsaturated/α-hetero) is 1. The zero-order valence-corrected chi connectivity index (χ0v) is 12.6. The minimum absolute atomic E-state index is 0.0473. The van der Waals surface area contributed by atoms with Gasteiger partial charge in [-0.1, -0.05) is 6.07 Å². The molecule has 1 heterocycles. The normalized spacial score (nSPS) is 15.5. The summed E-state index contributed by atoms with van der Waals surface area (Å²) >= 11 is 0. The highest BCUT2D eigenvalue weighted by molar-refractivity contribution is 6.13. The van der Waals surface area contributed by atoms with Gasteiger partial charge in [0, 0.05) is 22.9 Å². The first-order valence-electron chi connectivity index (χ1n) is 7.14. The van der Waals surface area contributed by atoms with E-state index >= 15 is 0 Å². The van der Waals surface area contributed by atoms with Crippen molar-refractivity contribution in [1.82, 2.24) is 4.98 Å². The number of carbonyl (C=O) groups excluding carboxylic acids is 1. The molecule has 3 rings (SSSR count). The maximum Gasteiger partial charge on any atom is 0.220 e. The molecule has 0 unspecified atom stereocenters. The van der Waals surface area contributed by atoms with E-state index < -0.39 is 0 Å². The van der Waals surface area contributed by atoms with Gasteiger partial charge in [-0.3, -0.25) is 4.79 Å². The highest BCUT2D eigenvalue weighted by Gasteiger charge is 2.22. The monoisotopic (exact) mass is 295 g/mol. The van der Waals surface area contributed by atoms with Gasteiger partial charge in [-0.2, -0.15) is 0 Å². The maximum absolute atomic E-state index is 12.7.